The first-order valence-electron chi connectivity index (χ1n) is 5.43. The van der Waals surface area contributed by atoms with E-state index in [4.69, 9.17) is 5.73 Å². The van der Waals surface area contributed by atoms with Gasteiger partial charge in [0.2, 0.25) is 0 Å². The summed E-state index contributed by atoms with van der Waals surface area (Å²) >= 11 is 4.58. The van der Waals surface area contributed by atoms with E-state index in [9.17, 15) is 9.90 Å². The van der Waals surface area contributed by atoms with Gasteiger partial charge in [-0.05, 0) is 31.3 Å². The molecular weight excluding hydrogens is 264 g/mol. The number of aromatic hydroxyl groups is 1. The van der Waals surface area contributed by atoms with E-state index >= 15 is 0 Å². The van der Waals surface area contributed by atoms with Gasteiger partial charge in [-0.1, -0.05) is 11.6 Å². The summed E-state index contributed by atoms with van der Waals surface area (Å²) in [5, 5.41) is 14.3. The molecule has 0 unspecified atom stereocenters. The van der Waals surface area contributed by atoms with Gasteiger partial charge < -0.3 is 15.8 Å². The van der Waals surface area contributed by atoms with Crippen molar-refractivity contribution in [1.82, 2.24) is 10.4 Å². The second kappa shape index (κ2) is 5.07. The van der Waals surface area contributed by atoms with Crippen molar-refractivity contribution in [2.75, 3.05) is 0 Å². The van der Waals surface area contributed by atoms with E-state index in [1.165, 1.54) is 6.21 Å². The SMILES string of the molecule is Cc1ccc2[nH]c(=O)c(C=NNC(N)=S)c(O)c2c1. The molecule has 0 saturated heterocycles. The topological polar surface area (TPSA) is 104 Å². The molecule has 0 aliphatic carbocycles. The van der Waals surface area contributed by atoms with E-state index in [-0.39, 0.29) is 16.4 Å². The van der Waals surface area contributed by atoms with Crippen LogP contribution in [0.3, 0.4) is 0 Å². The average Bonchev–Trinajstić information content (AvgIpc) is 2.34. The van der Waals surface area contributed by atoms with Gasteiger partial charge >= 0.3 is 0 Å². The summed E-state index contributed by atoms with van der Waals surface area (Å²) in [6.07, 6.45) is 1.18. The first-order chi connectivity index (χ1) is 8.99. The van der Waals surface area contributed by atoms with Gasteiger partial charge in [0, 0.05) is 5.39 Å². The Balaban J connectivity index is 2.58. The molecule has 0 aliphatic rings. The van der Waals surface area contributed by atoms with Crippen LogP contribution < -0.4 is 16.7 Å². The van der Waals surface area contributed by atoms with Gasteiger partial charge in [0.15, 0.2) is 5.11 Å². The summed E-state index contributed by atoms with van der Waals surface area (Å²) in [7, 11) is 0. The minimum Gasteiger partial charge on any atom is -0.506 e. The Morgan fingerprint density at radius 1 is 1.58 bits per heavy atom. The van der Waals surface area contributed by atoms with Crippen molar-refractivity contribution in [2.24, 2.45) is 10.8 Å². The van der Waals surface area contributed by atoms with Gasteiger partial charge in [0.25, 0.3) is 5.56 Å². The molecule has 19 heavy (non-hydrogen) atoms. The number of hydrogen-bond acceptors (Lipinski definition) is 4. The second-order valence-electron chi connectivity index (χ2n) is 4.00. The number of nitrogens with one attached hydrogen (secondary N) is 2. The lowest BCUT2D eigenvalue weighted by Crippen LogP contribution is -2.24. The zero-order chi connectivity index (χ0) is 14.0. The van der Waals surface area contributed by atoms with Crippen LogP contribution in [0.4, 0.5) is 0 Å². The standard InChI is InChI=1S/C12H12N4O2S/c1-6-2-3-9-7(4-6)10(17)8(11(18)15-9)5-14-16-12(13)19/h2-5H,1H3,(H3,13,16,19)(H2,15,17,18). The van der Waals surface area contributed by atoms with Crippen molar-refractivity contribution < 1.29 is 5.11 Å². The predicted molar refractivity (Wildman–Crippen MR) is 78.5 cm³/mol. The molecule has 6 nitrogen and oxygen atoms in total. The molecule has 1 heterocycles. The lowest BCUT2D eigenvalue weighted by Gasteiger charge is -2.05. The number of fused-ring (bicyclic) bond motifs is 1. The Kier molecular flexibility index (Phi) is 3.48. The second-order valence-corrected chi connectivity index (χ2v) is 4.44. The molecule has 0 saturated carbocycles. The van der Waals surface area contributed by atoms with Gasteiger partial charge in [-0.25, -0.2) is 0 Å². The van der Waals surface area contributed by atoms with Gasteiger partial charge in [-0.3, -0.25) is 10.2 Å². The molecule has 1 aromatic carbocycles. The number of hydrogen-bond donors (Lipinski definition) is 4. The highest BCUT2D eigenvalue weighted by atomic mass is 32.1. The molecule has 0 radical (unpaired) electrons. The maximum Gasteiger partial charge on any atom is 0.261 e. The van der Waals surface area contributed by atoms with Gasteiger partial charge in [-0.15, -0.1) is 0 Å². The number of nitrogens with two attached hydrogens (primary N) is 1. The Hall–Kier alpha value is -2.41. The molecule has 7 heteroatoms. The quantitative estimate of drug-likeness (QED) is 0.367. The van der Waals surface area contributed by atoms with Gasteiger partial charge in [0.1, 0.15) is 11.3 Å². The number of aromatic amines is 1. The third kappa shape index (κ3) is 2.71. The maximum absolute atomic E-state index is 11.8. The van der Waals surface area contributed by atoms with Crippen molar-refractivity contribution in [3.63, 3.8) is 0 Å². The third-order valence-corrected chi connectivity index (χ3v) is 2.64. The Bertz CT molecular complexity index is 736. The largest absolute Gasteiger partial charge is 0.506 e. The van der Waals surface area contributed by atoms with E-state index in [2.05, 4.69) is 27.7 Å². The van der Waals surface area contributed by atoms with Crippen LogP contribution in [0.15, 0.2) is 28.1 Å². The molecule has 1 aromatic heterocycles. The zero-order valence-corrected chi connectivity index (χ0v) is 10.9. The normalized spacial score (nSPS) is 11.0. The van der Waals surface area contributed by atoms with E-state index in [1.807, 2.05) is 13.0 Å². The van der Waals surface area contributed by atoms with Crippen LogP contribution in [0.1, 0.15) is 11.1 Å². The van der Waals surface area contributed by atoms with Gasteiger partial charge in [0.05, 0.1) is 11.7 Å². The summed E-state index contributed by atoms with van der Waals surface area (Å²) in [6, 6.07) is 5.36. The van der Waals surface area contributed by atoms with Crippen molar-refractivity contribution in [3.05, 3.63) is 39.7 Å². The monoisotopic (exact) mass is 276 g/mol. The van der Waals surface area contributed by atoms with Crippen LogP contribution in [0.5, 0.6) is 5.75 Å². The number of benzene rings is 1. The molecule has 0 aliphatic heterocycles. The zero-order valence-electron chi connectivity index (χ0n) is 10.1. The molecule has 0 fully saturated rings. The highest BCUT2D eigenvalue weighted by molar-refractivity contribution is 7.80. The Morgan fingerprint density at radius 2 is 2.32 bits per heavy atom. The minimum atomic E-state index is -0.442. The van der Waals surface area contributed by atoms with Crippen LogP contribution in [-0.4, -0.2) is 21.4 Å². The maximum atomic E-state index is 11.8. The lowest BCUT2D eigenvalue weighted by atomic mass is 10.1. The highest BCUT2D eigenvalue weighted by Crippen LogP contribution is 2.24. The Morgan fingerprint density at radius 3 is 3.00 bits per heavy atom. The summed E-state index contributed by atoms with van der Waals surface area (Å²) < 4.78 is 0. The summed E-state index contributed by atoms with van der Waals surface area (Å²) in [6.45, 7) is 1.90. The van der Waals surface area contributed by atoms with E-state index in [0.29, 0.717) is 10.9 Å². The van der Waals surface area contributed by atoms with Crippen molar-refractivity contribution in [1.29, 1.82) is 0 Å². The van der Waals surface area contributed by atoms with Crippen LogP contribution in [0, 0.1) is 6.92 Å². The molecule has 0 spiro atoms. The number of rotatable bonds is 2. The number of aryl methyl sites for hydroxylation is 1. The molecule has 0 bridgehead atoms. The lowest BCUT2D eigenvalue weighted by molar-refractivity contribution is 0.479. The van der Waals surface area contributed by atoms with Crippen LogP contribution in [0.25, 0.3) is 10.9 Å². The van der Waals surface area contributed by atoms with Crippen molar-refractivity contribution >= 4 is 34.4 Å². The minimum absolute atomic E-state index is 0.0243. The summed E-state index contributed by atoms with van der Waals surface area (Å²) in [5.41, 5.74) is 8.66. The fourth-order valence-corrected chi connectivity index (χ4v) is 1.74. The molecule has 5 N–H and O–H groups in total. The number of hydrazone groups is 1. The van der Waals surface area contributed by atoms with E-state index in [0.717, 1.165) is 5.56 Å². The van der Waals surface area contributed by atoms with Gasteiger partial charge in [-0.2, -0.15) is 5.10 Å². The van der Waals surface area contributed by atoms with Crippen molar-refractivity contribution in [3.8, 4) is 5.75 Å². The summed E-state index contributed by atoms with van der Waals surface area (Å²) in [5.74, 6) is -0.129. The fraction of sp³-hybridized carbons (Fsp3) is 0.0833. The number of H-pyrrole nitrogens is 1. The number of thiocarbonyl (C=S) groups is 1. The average molecular weight is 276 g/mol. The van der Waals surface area contributed by atoms with E-state index < -0.39 is 5.56 Å². The molecular formula is C12H12N4O2S. The van der Waals surface area contributed by atoms with Crippen LogP contribution in [0.2, 0.25) is 0 Å². The first kappa shape index (κ1) is 13.0. The highest BCUT2D eigenvalue weighted by Gasteiger charge is 2.10. The molecule has 0 atom stereocenters. The molecule has 0 amide bonds. The van der Waals surface area contributed by atoms with Crippen LogP contribution >= 0.6 is 12.2 Å². The molecule has 2 aromatic rings. The molecule has 98 valence electrons. The van der Waals surface area contributed by atoms with Crippen molar-refractivity contribution in [2.45, 2.75) is 6.92 Å². The first-order valence-corrected chi connectivity index (χ1v) is 5.84. The number of aromatic nitrogens is 1. The number of nitrogens with zero attached hydrogens (tertiary/aromatic N) is 1. The fourth-order valence-electron chi connectivity index (χ4n) is 1.69. The Labute approximate surface area is 113 Å². The van der Waals surface area contributed by atoms with E-state index in [1.54, 1.807) is 12.1 Å². The third-order valence-electron chi connectivity index (χ3n) is 2.55. The summed E-state index contributed by atoms with van der Waals surface area (Å²) in [4.78, 5) is 14.5. The predicted octanol–water partition coefficient (Wildman–Crippen LogP) is 0.709. The molecule has 2 rings (SSSR count). The smallest absolute Gasteiger partial charge is 0.261 e. The van der Waals surface area contributed by atoms with Crippen LogP contribution in [-0.2, 0) is 0 Å². The number of pyridine rings is 1.